The molecule has 102 valence electrons. The number of carbonyl (C=O) groups excluding carboxylic acids is 1. The third-order valence-electron chi connectivity index (χ3n) is 3.71. The maximum Gasteiger partial charge on any atom is 0.242 e. The van der Waals surface area contributed by atoms with Crippen molar-refractivity contribution in [1.82, 2.24) is 0 Å². The molecule has 0 radical (unpaired) electrons. The Balaban J connectivity index is 1.70. The molecule has 0 fully saturated rings. The highest BCUT2D eigenvalue weighted by Crippen LogP contribution is 2.43. The van der Waals surface area contributed by atoms with E-state index in [1.54, 1.807) is 11.8 Å². The summed E-state index contributed by atoms with van der Waals surface area (Å²) in [4.78, 5) is 13.3. The molecule has 1 aliphatic rings. The van der Waals surface area contributed by atoms with Gasteiger partial charge < -0.3 is 5.32 Å². The van der Waals surface area contributed by atoms with Crippen LogP contribution in [0.3, 0.4) is 0 Å². The Hall–Kier alpha value is -2.26. The smallest absolute Gasteiger partial charge is 0.242 e. The molecule has 1 aliphatic heterocycles. The Kier molecular flexibility index (Phi) is 2.93. The van der Waals surface area contributed by atoms with Crippen LogP contribution in [0.5, 0.6) is 0 Å². The lowest BCUT2D eigenvalue weighted by atomic mass is 10.1. The van der Waals surface area contributed by atoms with E-state index in [4.69, 9.17) is 0 Å². The van der Waals surface area contributed by atoms with E-state index in [0.717, 1.165) is 16.1 Å². The number of hydrogen-bond donors (Lipinski definition) is 1. The van der Waals surface area contributed by atoms with E-state index in [2.05, 4.69) is 35.6 Å². The summed E-state index contributed by atoms with van der Waals surface area (Å²) in [5.74, 6) is 0.0642. The normalized spacial score (nSPS) is 16.8. The van der Waals surface area contributed by atoms with Crippen molar-refractivity contribution in [2.75, 3.05) is 5.32 Å². The molecule has 3 aromatic carbocycles. The van der Waals surface area contributed by atoms with Crippen molar-refractivity contribution in [1.29, 1.82) is 0 Å². The van der Waals surface area contributed by atoms with Crippen molar-refractivity contribution in [2.45, 2.75) is 10.1 Å². The topological polar surface area (TPSA) is 29.1 Å². The van der Waals surface area contributed by atoms with Crippen LogP contribution in [-0.2, 0) is 4.79 Å². The van der Waals surface area contributed by atoms with Crippen LogP contribution in [0.15, 0.2) is 71.6 Å². The Bertz CT molecular complexity index is 843. The number of hydrogen-bond acceptors (Lipinski definition) is 2. The predicted octanol–water partition coefficient (Wildman–Crippen LogP) is 4.63. The van der Waals surface area contributed by atoms with E-state index in [1.165, 1.54) is 10.8 Å². The molecule has 0 bridgehead atoms. The fourth-order valence-corrected chi connectivity index (χ4v) is 3.79. The van der Waals surface area contributed by atoms with Gasteiger partial charge in [0.15, 0.2) is 0 Å². The SMILES string of the molecule is O=C1Nc2ccccc2[C@H]1Sc1ccc2ccccc2c1. The first-order valence-corrected chi connectivity index (χ1v) is 7.74. The summed E-state index contributed by atoms with van der Waals surface area (Å²) in [6.07, 6.45) is 0. The van der Waals surface area contributed by atoms with E-state index >= 15 is 0 Å². The van der Waals surface area contributed by atoms with E-state index in [0.29, 0.717) is 0 Å². The summed E-state index contributed by atoms with van der Waals surface area (Å²) < 4.78 is 0. The average Bonchev–Trinajstić information content (AvgIpc) is 2.83. The number of nitrogens with one attached hydrogen (secondary N) is 1. The van der Waals surface area contributed by atoms with Gasteiger partial charge in [0, 0.05) is 10.6 Å². The summed E-state index contributed by atoms with van der Waals surface area (Å²) in [6, 6.07) is 22.5. The maximum atomic E-state index is 12.2. The van der Waals surface area contributed by atoms with Gasteiger partial charge in [0.1, 0.15) is 5.25 Å². The zero-order valence-corrected chi connectivity index (χ0v) is 12.1. The first kappa shape index (κ1) is 12.5. The Morgan fingerprint density at radius 1 is 0.857 bits per heavy atom. The minimum absolute atomic E-state index is 0.0642. The summed E-state index contributed by atoms with van der Waals surface area (Å²) >= 11 is 1.60. The van der Waals surface area contributed by atoms with Crippen LogP contribution in [0.2, 0.25) is 0 Å². The van der Waals surface area contributed by atoms with Crippen molar-refractivity contribution < 1.29 is 4.79 Å². The molecule has 0 saturated heterocycles. The predicted molar refractivity (Wildman–Crippen MR) is 87.6 cm³/mol. The molecule has 0 spiro atoms. The second-order valence-corrected chi connectivity index (χ2v) is 6.26. The fraction of sp³-hybridized carbons (Fsp3) is 0.0556. The zero-order valence-electron chi connectivity index (χ0n) is 11.2. The van der Waals surface area contributed by atoms with Crippen molar-refractivity contribution in [3.8, 4) is 0 Å². The van der Waals surface area contributed by atoms with E-state index in [-0.39, 0.29) is 11.2 Å². The molecule has 1 amide bonds. The van der Waals surface area contributed by atoms with Gasteiger partial charge in [-0.05, 0) is 34.5 Å². The van der Waals surface area contributed by atoms with E-state index < -0.39 is 0 Å². The molecule has 1 atom stereocenters. The van der Waals surface area contributed by atoms with Gasteiger partial charge in [-0.25, -0.2) is 0 Å². The van der Waals surface area contributed by atoms with Crippen LogP contribution in [0.25, 0.3) is 10.8 Å². The summed E-state index contributed by atoms with van der Waals surface area (Å²) in [6.45, 7) is 0. The van der Waals surface area contributed by atoms with Crippen LogP contribution in [0.1, 0.15) is 10.8 Å². The van der Waals surface area contributed by atoms with Gasteiger partial charge in [-0.3, -0.25) is 4.79 Å². The molecule has 0 aliphatic carbocycles. The number of thioether (sulfide) groups is 1. The Labute approximate surface area is 127 Å². The van der Waals surface area contributed by atoms with Gasteiger partial charge in [0.2, 0.25) is 5.91 Å². The van der Waals surface area contributed by atoms with Gasteiger partial charge >= 0.3 is 0 Å². The summed E-state index contributed by atoms with van der Waals surface area (Å²) in [7, 11) is 0. The van der Waals surface area contributed by atoms with Gasteiger partial charge in [-0.15, -0.1) is 11.8 Å². The van der Waals surface area contributed by atoms with Crippen LogP contribution in [0, 0.1) is 0 Å². The van der Waals surface area contributed by atoms with Crippen molar-refractivity contribution in [3.05, 3.63) is 72.3 Å². The first-order valence-electron chi connectivity index (χ1n) is 6.86. The second-order valence-electron chi connectivity index (χ2n) is 5.08. The number of anilines is 1. The molecule has 4 rings (SSSR count). The minimum atomic E-state index is -0.164. The lowest BCUT2D eigenvalue weighted by Gasteiger charge is -2.09. The molecule has 1 heterocycles. The molecule has 0 aromatic heterocycles. The van der Waals surface area contributed by atoms with Gasteiger partial charge in [0.25, 0.3) is 0 Å². The highest BCUT2D eigenvalue weighted by atomic mass is 32.2. The number of para-hydroxylation sites is 1. The second kappa shape index (κ2) is 4.93. The molecule has 0 saturated carbocycles. The van der Waals surface area contributed by atoms with E-state index in [1.807, 2.05) is 36.4 Å². The molecular weight excluding hydrogens is 278 g/mol. The summed E-state index contributed by atoms with van der Waals surface area (Å²) in [5.41, 5.74) is 2.00. The molecule has 21 heavy (non-hydrogen) atoms. The number of fused-ring (bicyclic) bond motifs is 2. The van der Waals surface area contributed by atoms with Gasteiger partial charge in [-0.1, -0.05) is 48.5 Å². The zero-order chi connectivity index (χ0) is 14.2. The maximum absolute atomic E-state index is 12.2. The van der Waals surface area contributed by atoms with Crippen LogP contribution in [0.4, 0.5) is 5.69 Å². The number of benzene rings is 3. The van der Waals surface area contributed by atoms with Crippen LogP contribution < -0.4 is 5.32 Å². The molecule has 3 aromatic rings. The average molecular weight is 291 g/mol. The van der Waals surface area contributed by atoms with Gasteiger partial charge in [-0.2, -0.15) is 0 Å². The largest absolute Gasteiger partial charge is 0.325 e. The van der Waals surface area contributed by atoms with Crippen molar-refractivity contribution >= 4 is 34.1 Å². The minimum Gasteiger partial charge on any atom is -0.325 e. The number of amides is 1. The fourth-order valence-electron chi connectivity index (χ4n) is 2.67. The highest BCUT2D eigenvalue weighted by molar-refractivity contribution is 8.00. The lowest BCUT2D eigenvalue weighted by Crippen LogP contribution is -2.08. The lowest BCUT2D eigenvalue weighted by molar-refractivity contribution is -0.115. The monoisotopic (exact) mass is 291 g/mol. The van der Waals surface area contributed by atoms with Crippen LogP contribution >= 0.6 is 11.8 Å². The van der Waals surface area contributed by atoms with Gasteiger partial charge in [0.05, 0.1) is 0 Å². The highest BCUT2D eigenvalue weighted by Gasteiger charge is 2.30. The quantitative estimate of drug-likeness (QED) is 0.746. The van der Waals surface area contributed by atoms with E-state index in [9.17, 15) is 4.79 Å². The molecule has 2 nitrogen and oxygen atoms in total. The van der Waals surface area contributed by atoms with Crippen molar-refractivity contribution in [3.63, 3.8) is 0 Å². The Morgan fingerprint density at radius 2 is 1.62 bits per heavy atom. The Morgan fingerprint density at radius 3 is 2.52 bits per heavy atom. The molecule has 1 N–H and O–H groups in total. The third-order valence-corrected chi connectivity index (χ3v) is 4.94. The molecule has 3 heteroatoms. The van der Waals surface area contributed by atoms with Crippen LogP contribution in [-0.4, -0.2) is 5.91 Å². The molecule has 0 unspecified atom stereocenters. The number of rotatable bonds is 2. The number of carbonyl (C=O) groups is 1. The third kappa shape index (κ3) is 2.20. The first-order chi connectivity index (χ1) is 10.3. The molecular formula is C18H13NOS. The standard InChI is InChI=1S/C18H13NOS/c20-18-17(15-7-3-4-8-16(15)19-18)21-14-10-9-12-5-1-2-6-13(12)11-14/h1-11,17H,(H,19,20)/t17-/m1/s1. The van der Waals surface area contributed by atoms with Crippen molar-refractivity contribution in [2.24, 2.45) is 0 Å². The summed E-state index contributed by atoms with van der Waals surface area (Å²) in [5, 5.41) is 5.20.